The second-order valence-corrected chi connectivity index (χ2v) is 11.2. The summed E-state index contributed by atoms with van der Waals surface area (Å²) in [5.74, 6) is -0.385. The Morgan fingerprint density at radius 3 is 2.26 bits per heavy atom. The largest absolute Gasteiger partial charge is 0.347 e. The van der Waals surface area contributed by atoms with Gasteiger partial charge in [0.2, 0.25) is 0 Å². The van der Waals surface area contributed by atoms with Crippen LogP contribution in [0.1, 0.15) is 53.6 Å². The summed E-state index contributed by atoms with van der Waals surface area (Å²) < 4.78 is 1.98. The molecule has 224 valence electrons. The van der Waals surface area contributed by atoms with Gasteiger partial charge in [-0.15, -0.1) is 0 Å². The number of rotatable bonds is 7. The van der Waals surface area contributed by atoms with Gasteiger partial charge in [0.15, 0.2) is 5.78 Å². The van der Waals surface area contributed by atoms with Gasteiger partial charge in [0.1, 0.15) is 5.69 Å². The van der Waals surface area contributed by atoms with Gasteiger partial charge in [-0.3, -0.25) is 19.4 Å². The zero-order chi connectivity index (χ0) is 31.5. The van der Waals surface area contributed by atoms with Crippen molar-refractivity contribution in [3.8, 4) is 11.1 Å². The topological polar surface area (TPSA) is 84.3 Å². The van der Waals surface area contributed by atoms with Crippen LogP contribution in [0, 0.1) is 0 Å². The number of benzene rings is 4. The lowest BCUT2D eigenvalue weighted by atomic mass is 9.93. The van der Waals surface area contributed by atoms with E-state index in [0.717, 1.165) is 33.6 Å². The van der Waals surface area contributed by atoms with E-state index in [2.05, 4.69) is 10.3 Å². The Morgan fingerprint density at radius 1 is 0.696 bits per heavy atom. The summed E-state index contributed by atoms with van der Waals surface area (Å²) in [6.07, 6.45) is 3.43. The maximum absolute atomic E-state index is 14.1. The van der Waals surface area contributed by atoms with Crippen LogP contribution in [0.2, 0.25) is 0 Å². The lowest BCUT2D eigenvalue weighted by Crippen LogP contribution is -2.30. The number of hydrogen-bond acceptors (Lipinski definition) is 4. The molecular weight excluding hydrogens is 572 g/mol. The predicted molar refractivity (Wildman–Crippen MR) is 178 cm³/mol. The van der Waals surface area contributed by atoms with E-state index < -0.39 is 0 Å². The van der Waals surface area contributed by atoms with Gasteiger partial charge in [-0.1, -0.05) is 91.0 Å². The summed E-state index contributed by atoms with van der Waals surface area (Å²) in [6, 6.07) is 39.4. The van der Waals surface area contributed by atoms with Crippen LogP contribution < -0.4 is 10.2 Å². The Bertz CT molecular complexity index is 2050. The first-order valence-electron chi connectivity index (χ1n) is 15.1. The van der Waals surface area contributed by atoms with Crippen molar-refractivity contribution in [3.05, 3.63) is 179 Å². The minimum absolute atomic E-state index is 0.0503. The third-order valence-electron chi connectivity index (χ3n) is 8.31. The van der Waals surface area contributed by atoms with E-state index in [1.807, 2.05) is 132 Å². The number of fused-ring (bicyclic) bond motifs is 2. The third-order valence-corrected chi connectivity index (χ3v) is 8.31. The maximum Gasteiger partial charge on any atom is 0.268 e. The van der Waals surface area contributed by atoms with Crippen molar-refractivity contribution in [1.82, 2.24) is 14.9 Å². The molecule has 7 heteroatoms. The molecule has 0 saturated carbocycles. The van der Waals surface area contributed by atoms with Gasteiger partial charge in [-0.2, -0.15) is 0 Å². The van der Waals surface area contributed by atoms with Crippen molar-refractivity contribution in [2.75, 3.05) is 4.90 Å². The first kappa shape index (κ1) is 28.7. The number of ketones is 1. The van der Waals surface area contributed by atoms with E-state index in [9.17, 15) is 14.4 Å². The van der Waals surface area contributed by atoms with E-state index in [1.165, 1.54) is 0 Å². The van der Waals surface area contributed by atoms with Crippen LogP contribution in [0.5, 0.6) is 0 Å². The average Bonchev–Trinajstić information content (AvgIpc) is 3.44. The first-order valence-corrected chi connectivity index (χ1v) is 15.1. The van der Waals surface area contributed by atoms with Crippen LogP contribution in [-0.4, -0.2) is 27.1 Å². The molecule has 0 atom stereocenters. The highest BCUT2D eigenvalue weighted by Crippen LogP contribution is 2.31. The second-order valence-electron chi connectivity index (χ2n) is 11.2. The minimum atomic E-state index is -0.186. The fourth-order valence-electron chi connectivity index (χ4n) is 5.94. The Morgan fingerprint density at radius 2 is 1.46 bits per heavy atom. The van der Waals surface area contributed by atoms with Gasteiger partial charge in [0.25, 0.3) is 11.8 Å². The van der Waals surface area contributed by atoms with Crippen molar-refractivity contribution >= 4 is 23.3 Å². The molecule has 46 heavy (non-hydrogen) atoms. The van der Waals surface area contributed by atoms with E-state index in [-0.39, 0.29) is 17.6 Å². The average molecular weight is 603 g/mol. The zero-order valence-corrected chi connectivity index (χ0v) is 25.0. The Balaban J connectivity index is 1.15. The monoisotopic (exact) mass is 602 g/mol. The number of aromatic nitrogens is 2. The molecular formula is C39H30N4O3. The van der Waals surface area contributed by atoms with Crippen LogP contribution in [0.4, 0.5) is 5.69 Å². The minimum Gasteiger partial charge on any atom is -0.347 e. The fraction of sp³-hybridized carbons (Fsp3) is 0.0769. The summed E-state index contributed by atoms with van der Waals surface area (Å²) in [7, 11) is 0. The molecule has 7 nitrogen and oxygen atoms in total. The molecule has 0 spiro atoms. The molecule has 1 aliphatic heterocycles. The molecule has 2 amide bonds. The molecule has 3 heterocycles. The standard InChI is InChI=1S/C39H30N4O3/c44-37(29-10-2-1-3-11-29)34-14-6-5-13-33(34)28-16-18-30(19-17-28)39(46)43-26-32-20-21-36(38(45)41-24-27-9-8-22-40-23-27)42(32)25-31-12-4-7-15-35(31)43/h1-23H,24-26H2,(H,41,45). The summed E-state index contributed by atoms with van der Waals surface area (Å²) in [4.78, 5) is 46.6. The van der Waals surface area contributed by atoms with Crippen molar-refractivity contribution in [3.63, 3.8) is 0 Å². The second kappa shape index (κ2) is 12.5. The molecule has 7 rings (SSSR count). The number of pyridine rings is 1. The number of amides is 2. The van der Waals surface area contributed by atoms with Gasteiger partial charge in [-0.25, -0.2) is 0 Å². The van der Waals surface area contributed by atoms with Crippen molar-refractivity contribution in [2.45, 2.75) is 19.6 Å². The van der Waals surface area contributed by atoms with E-state index >= 15 is 0 Å². The number of carbonyl (C=O) groups excluding carboxylic acids is 3. The summed E-state index contributed by atoms with van der Waals surface area (Å²) in [5, 5.41) is 2.99. The van der Waals surface area contributed by atoms with Crippen LogP contribution >= 0.6 is 0 Å². The maximum atomic E-state index is 14.1. The molecule has 1 aliphatic rings. The molecule has 6 aromatic rings. The SMILES string of the molecule is O=C(c1ccccc1)c1ccccc1-c1ccc(C(=O)N2Cc3ccc(C(=O)NCc4cccnc4)n3Cc3ccccc32)cc1. The van der Waals surface area contributed by atoms with E-state index in [1.54, 1.807) is 17.3 Å². The van der Waals surface area contributed by atoms with Crippen molar-refractivity contribution in [2.24, 2.45) is 0 Å². The lowest BCUT2D eigenvalue weighted by Gasteiger charge is -2.23. The Kier molecular flexibility index (Phi) is 7.79. The van der Waals surface area contributed by atoms with Crippen molar-refractivity contribution in [1.29, 1.82) is 0 Å². The molecule has 0 fully saturated rings. The summed E-state index contributed by atoms with van der Waals surface area (Å²) in [5.41, 5.74) is 7.48. The Hall–Kier alpha value is -6.08. The summed E-state index contributed by atoms with van der Waals surface area (Å²) >= 11 is 0. The van der Waals surface area contributed by atoms with Gasteiger partial charge in [0, 0.05) is 47.0 Å². The van der Waals surface area contributed by atoms with Crippen LogP contribution in [0.15, 0.2) is 140 Å². The number of para-hydroxylation sites is 1. The third kappa shape index (κ3) is 5.62. The smallest absolute Gasteiger partial charge is 0.268 e. The van der Waals surface area contributed by atoms with Crippen LogP contribution in [0.3, 0.4) is 0 Å². The first-order chi connectivity index (χ1) is 22.6. The number of nitrogens with one attached hydrogen (secondary N) is 1. The molecule has 0 saturated heterocycles. The van der Waals surface area contributed by atoms with Crippen molar-refractivity contribution < 1.29 is 14.4 Å². The van der Waals surface area contributed by atoms with Gasteiger partial charge < -0.3 is 14.8 Å². The highest BCUT2D eigenvalue weighted by atomic mass is 16.2. The number of hydrogen-bond donors (Lipinski definition) is 1. The quantitative estimate of drug-likeness (QED) is 0.201. The molecule has 1 N–H and O–H groups in total. The normalized spacial score (nSPS) is 12.0. The van der Waals surface area contributed by atoms with E-state index in [0.29, 0.717) is 42.0 Å². The number of carbonyl (C=O) groups is 3. The molecule has 4 aromatic carbocycles. The highest BCUT2D eigenvalue weighted by Gasteiger charge is 2.27. The number of anilines is 1. The van der Waals surface area contributed by atoms with E-state index in [4.69, 9.17) is 0 Å². The zero-order valence-electron chi connectivity index (χ0n) is 25.0. The lowest BCUT2D eigenvalue weighted by molar-refractivity contribution is 0.0940. The van der Waals surface area contributed by atoms with Gasteiger partial charge in [0.05, 0.1) is 13.1 Å². The number of nitrogens with zero attached hydrogens (tertiary/aromatic N) is 3. The van der Waals surface area contributed by atoms with Crippen LogP contribution in [-0.2, 0) is 19.6 Å². The predicted octanol–water partition coefficient (Wildman–Crippen LogP) is 6.92. The van der Waals surface area contributed by atoms with Gasteiger partial charge in [-0.05, 0) is 58.7 Å². The summed E-state index contributed by atoms with van der Waals surface area (Å²) in [6.45, 7) is 1.14. The Labute approximate surface area is 266 Å². The fourth-order valence-corrected chi connectivity index (χ4v) is 5.94. The molecule has 0 bridgehead atoms. The van der Waals surface area contributed by atoms with Gasteiger partial charge >= 0.3 is 0 Å². The van der Waals surface area contributed by atoms with Crippen LogP contribution in [0.25, 0.3) is 11.1 Å². The molecule has 0 radical (unpaired) electrons. The molecule has 2 aromatic heterocycles. The highest BCUT2D eigenvalue weighted by molar-refractivity contribution is 6.13. The molecule has 0 aliphatic carbocycles. The molecule has 0 unspecified atom stereocenters.